The van der Waals surface area contributed by atoms with E-state index >= 15 is 0 Å². The number of nitrogens with zero attached hydrogens (tertiary/aromatic N) is 2. The Morgan fingerprint density at radius 2 is 2.06 bits per heavy atom. The second-order valence-corrected chi connectivity index (χ2v) is 3.15. The van der Waals surface area contributed by atoms with Gasteiger partial charge in [0, 0.05) is 0 Å². The van der Waals surface area contributed by atoms with Gasteiger partial charge in [0.15, 0.2) is 0 Å². The number of nitrogens with two attached hydrogens (primary N) is 1. The minimum Gasteiger partial charge on any atom is -0.475 e. The molecule has 6 nitrogen and oxygen atoms in total. The quantitative estimate of drug-likeness (QED) is 0.792. The van der Waals surface area contributed by atoms with Crippen molar-refractivity contribution in [1.82, 2.24) is 10.1 Å². The van der Waals surface area contributed by atoms with Gasteiger partial charge in [0.2, 0.25) is 5.89 Å². The van der Waals surface area contributed by atoms with Crippen LogP contribution in [0.3, 0.4) is 0 Å². The van der Waals surface area contributed by atoms with Gasteiger partial charge in [-0.15, -0.1) is 0 Å². The van der Waals surface area contributed by atoms with Crippen molar-refractivity contribution in [2.75, 3.05) is 0 Å². The molecule has 0 amide bonds. The standard InChI is InChI=1S/C10H9N3O3/c11-7(6-4-2-1-3-5-6)9-12-8(10(14)15)13-16-9/h1-5,7H,11H2,(H,14,15)/t7-/m1/s1. The van der Waals surface area contributed by atoms with Gasteiger partial charge in [-0.25, -0.2) is 4.79 Å². The average molecular weight is 219 g/mol. The largest absolute Gasteiger partial charge is 0.475 e. The summed E-state index contributed by atoms with van der Waals surface area (Å²) in [5, 5.41) is 11.9. The molecule has 6 heteroatoms. The van der Waals surface area contributed by atoms with Crippen molar-refractivity contribution >= 4 is 5.97 Å². The lowest BCUT2D eigenvalue weighted by Gasteiger charge is -2.05. The SMILES string of the molecule is N[C@H](c1ccccc1)c1nc(C(=O)O)no1. The molecule has 2 aromatic rings. The number of aromatic nitrogens is 2. The van der Waals surface area contributed by atoms with Crippen LogP contribution in [-0.2, 0) is 0 Å². The molecule has 1 aromatic carbocycles. The number of carboxylic acid groups (broad SMARTS) is 1. The Labute approximate surface area is 90.7 Å². The summed E-state index contributed by atoms with van der Waals surface area (Å²) in [5.74, 6) is -1.54. The monoisotopic (exact) mass is 219 g/mol. The van der Waals surface area contributed by atoms with E-state index in [1.54, 1.807) is 12.1 Å². The molecular weight excluding hydrogens is 210 g/mol. The molecule has 0 aliphatic heterocycles. The molecule has 1 atom stereocenters. The van der Waals surface area contributed by atoms with Gasteiger partial charge in [-0.2, -0.15) is 4.98 Å². The summed E-state index contributed by atoms with van der Waals surface area (Å²) in [4.78, 5) is 14.2. The van der Waals surface area contributed by atoms with E-state index in [9.17, 15) is 4.79 Å². The first-order chi connectivity index (χ1) is 7.68. The molecule has 0 saturated carbocycles. The molecule has 0 spiro atoms. The summed E-state index contributed by atoms with van der Waals surface area (Å²) >= 11 is 0. The second-order valence-electron chi connectivity index (χ2n) is 3.15. The Kier molecular flexibility index (Phi) is 2.65. The number of carboxylic acids is 1. The fourth-order valence-electron chi connectivity index (χ4n) is 1.25. The first-order valence-electron chi connectivity index (χ1n) is 4.56. The second kappa shape index (κ2) is 4.11. The van der Waals surface area contributed by atoms with E-state index in [0.717, 1.165) is 5.56 Å². The smallest absolute Gasteiger partial charge is 0.377 e. The molecule has 16 heavy (non-hydrogen) atoms. The van der Waals surface area contributed by atoms with E-state index < -0.39 is 12.0 Å². The fraction of sp³-hybridized carbons (Fsp3) is 0.100. The number of rotatable bonds is 3. The minimum atomic E-state index is -1.24. The van der Waals surface area contributed by atoms with Crippen molar-refractivity contribution in [2.24, 2.45) is 5.73 Å². The first-order valence-corrected chi connectivity index (χ1v) is 4.56. The van der Waals surface area contributed by atoms with Crippen molar-refractivity contribution in [2.45, 2.75) is 6.04 Å². The number of hydrogen-bond acceptors (Lipinski definition) is 5. The van der Waals surface area contributed by atoms with Crippen LogP contribution in [0.2, 0.25) is 0 Å². The highest BCUT2D eigenvalue weighted by molar-refractivity contribution is 5.82. The van der Waals surface area contributed by atoms with Crippen molar-refractivity contribution in [1.29, 1.82) is 0 Å². The fourth-order valence-corrected chi connectivity index (χ4v) is 1.25. The predicted octanol–water partition coefficient (Wildman–Crippen LogP) is 0.816. The van der Waals surface area contributed by atoms with Gasteiger partial charge in [0.25, 0.3) is 5.82 Å². The molecule has 0 unspecified atom stereocenters. The third-order valence-corrected chi connectivity index (χ3v) is 2.06. The van der Waals surface area contributed by atoms with Crippen molar-refractivity contribution in [3.05, 3.63) is 47.6 Å². The summed E-state index contributed by atoms with van der Waals surface area (Å²) in [6.45, 7) is 0. The minimum absolute atomic E-state index is 0.0867. The molecule has 0 saturated heterocycles. The molecule has 1 heterocycles. The molecule has 0 bridgehead atoms. The molecule has 0 aliphatic rings. The highest BCUT2D eigenvalue weighted by Gasteiger charge is 2.19. The number of aromatic carboxylic acids is 1. The van der Waals surface area contributed by atoms with Gasteiger partial charge >= 0.3 is 5.97 Å². The Morgan fingerprint density at radius 3 is 2.62 bits per heavy atom. The van der Waals surface area contributed by atoms with E-state index in [-0.39, 0.29) is 11.7 Å². The zero-order valence-electron chi connectivity index (χ0n) is 8.20. The highest BCUT2D eigenvalue weighted by atomic mass is 16.5. The Balaban J connectivity index is 2.27. The molecule has 1 aromatic heterocycles. The van der Waals surface area contributed by atoms with Gasteiger partial charge in [0.1, 0.15) is 6.04 Å². The third-order valence-electron chi connectivity index (χ3n) is 2.06. The van der Waals surface area contributed by atoms with Crippen LogP contribution in [0.5, 0.6) is 0 Å². The van der Waals surface area contributed by atoms with E-state index in [0.29, 0.717) is 0 Å². The van der Waals surface area contributed by atoms with Crippen LogP contribution in [0, 0.1) is 0 Å². The Hall–Kier alpha value is -2.21. The number of benzene rings is 1. The van der Waals surface area contributed by atoms with E-state index in [4.69, 9.17) is 15.4 Å². The molecule has 82 valence electrons. The van der Waals surface area contributed by atoms with Crippen molar-refractivity contribution in [3.8, 4) is 0 Å². The summed E-state index contributed by atoms with van der Waals surface area (Å²) in [6, 6.07) is 8.49. The van der Waals surface area contributed by atoms with Crippen LogP contribution in [-0.4, -0.2) is 21.2 Å². The Bertz CT molecular complexity index is 495. The zero-order chi connectivity index (χ0) is 11.5. The molecule has 0 aliphatic carbocycles. The van der Waals surface area contributed by atoms with Gasteiger partial charge in [-0.3, -0.25) is 0 Å². The lowest BCUT2D eigenvalue weighted by molar-refractivity contribution is 0.0680. The maximum absolute atomic E-state index is 10.5. The summed E-state index contributed by atoms with van der Waals surface area (Å²) < 4.78 is 4.78. The molecule has 0 radical (unpaired) electrons. The van der Waals surface area contributed by atoms with Crippen LogP contribution < -0.4 is 5.73 Å². The van der Waals surface area contributed by atoms with Gasteiger partial charge in [-0.1, -0.05) is 30.3 Å². The van der Waals surface area contributed by atoms with Crippen LogP contribution in [0.1, 0.15) is 28.1 Å². The van der Waals surface area contributed by atoms with Crippen LogP contribution >= 0.6 is 0 Å². The number of hydrogen-bond donors (Lipinski definition) is 2. The molecule has 2 rings (SSSR count). The molecule has 3 N–H and O–H groups in total. The third kappa shape index (κ3) is 1.91. The topological polar surface area (TPSA) is 102 Å². The van der Waals surface area contributed by atoms with E-state index in [2.05, 4.69) is 10.1 Å². The summed E-state index contributed by atoms with van der Waals surface area (Å²) in [7, 11) is 0. The lowest BCUT2D eigenvalue weighted by atomic mass is 10.1. The van der Waals surface area contributed by atoms with Crippen LogP contribution in [0.25, 0.3) is 0 Å². The Morgan fingerprint density at radius 1 is 1.38 bits per heavy atom. The first kappa shape index (κ1) is 10.3. The van der Waals surface area contributed by atoms with E-state index in [1.165, 1.54) is 0 Å². The normalized spacial score (nSPS) is 12.3. The highest BCUT2D eigenvalue weighted by Crippen LogP contribution is 2.17. The van der Waals surface area contributed by atoms with Crippen LogP contribution in [0.15, 0.2) is 34.9 Å². The molecule has 0 fully saturated rings. The van der Waals surface area contributed by atoms with Crippen molar-refractivity contribution in [3.63, 3.8) is 0 Å². The summed E-state index contributed by atoms with van der Waals surface area (Å²) in [6.07, 6.45) is 0. The van der Waals surface area contributed by atoms with Crippen LogP contribution in [0.4, 0.5) is 0 Å². The maximum Gasteiger partial charge on any atom is 0.377 e. The van der Waals surface area contributed by atoms with Gasteiger partial charge in [0.05, 0.1) is 0 Å². The average Bonchev–Trinajstić information content (AvgIpc) is 2.78. The van der Waals surface area contributed by atoms with Gasteiger partial charge in [-0.05, 0) is 10.7 Å². The summed E-state index contributed by atoms with van der Waals surface area (Å²) in [5.41, 5.74) is 6.62. The van der Waals surface area contributed by atoms with Gasteiger partial charge < -0.3 is 15.4 Å². The predicted molar refractivity (Wildman–Crippen MR) is 53.7 cm³/mol. The van der Waals surface area contributed by atoms with E-state index in [1.807, 2.05) is 18.2 Å². The lowest BCUT2D eigenvalue weighted by Crippen LogP contribution is -2.12. The maximum atomic E-state index is 10.5. The molecular formula is C10H9N3O3. The zero-order valence-corrected chi connectivity index (χ0v) is 8.20. The number of carbonyl (C=O) groups is 1. The van der Waals surface area contributed by atoms with Crippen molar-refractivity contribution < 1.29 is 14.4 Å².